The number of hydrogen-bond donors (Lipinski definition) is 0. The molecule has 0 aliphatic carbocycles. The molecule has 0 saturated heterocycles. The summed E-state index contributed by atoms with van der Waals surface area (Å²) in [5.41, 5.74) is 2.91. The van der Waals surface area contributed by atoms with E-state index in [1.54, 1.807) is 0 Å². The van der Waals surface area contributed by atoms with E-state index < -0.39 is 5.97 Å². The van der Waals surface area contributed by atoms with Crippen LogP contribution >= 0.6 is 0 Å². The van der Waals surface area contributed by atoms with Gasteiger partial charge in [-0.3, -0.25) is 4.79 Å². The van der Waals surface area contributed by atoms with E-state index >= 15 is 0 Å². The van der Waals surface area contributed by atoms with Crippen LogP contribution in [0.5, 0.6) is 5.75 Å². The van der Waals surface area contributed by atoms with Crippen molar-refractivity contribution in [2.24, 2.45) is 0 Å². The third-order valence-electron chi connectivity index (χ3n) is 4.04. The number of esters is 1. The zero-order valence-corrected chi connectivity index (χ0v) is 15.9. The predicted molar refractivity (Wildman–Crippen MR) is 105 cm³/mol. The molecule has 0 amide bonds. The third kappa shape index (κ3) is 5.30. The number of benzene rings is 2. The largest absolute Gasteiger partial charge is 0.492 e. The summed E-state index contributed by atoms with van der Waals surface area (Å²) in [5.74, 6) is 0.136. The Balaban J connectivity index is 1.61. The molecule has 0 N–H and O–H groups in total. The Hall–Kier alpha value is -3.41. The first kappa shape index (κ1) is 19.4. The van der Waals surface area contributed by atoms with Crippen molar-refractivity contribution in [2.75, 3.05) is 6.61 Å². The summed E-state index contributed by atoms with van der Waals surface area (Å²) in [7, 11) is 0. The standard InChI is InChI=1S/C22H22N2O4/c1-16-12-17(2)14-18(13-16)15-28-22(26)20-8-9-21(25)24(23-20)10-11-27-19-6-4-3-5-7-19/h3-9,12-14H,10-11,15H2,1-2H3. The molecule has 6 heteroatoms. The molecule has 0 saturated carbocycles. The topological polar surface area (TPSA) is 70.4 Å². The van der Waals surface area contributed by atoms with Crippen LogP contribution in [0.15, 0.2) is 65.5 Å². The monoisotopic (exact) mass is 378 g/mol. The Morgan fingerprint density at radius 1 is 1.00 bits per heavy atom. The number of aryl methyl sites for hydroxylation is 2. The molecule has 3 rings (SSSR count). The summed E-state index contributed by atoms with van der Waals surface area (Å²) in [6.07, 6.45) is 0. The first-order valence-electron chi connectivity index (χ1n) is 9.01. The number of carbonyl (C=O) groups excluding carboxylic acids is 1. The van der Waals surface area contributed by atoms with E-state index in [2.05, 4.69) is 11.2 Å². The van der Waals surface area contributed by atoms with Crippen LogP contribution in [0, 0.1) is 13.8 Å². The molecule has 0 aliphatic heterocycles. The lowest BCUT2D eigenvalue weighted by Crippen LogP contribution is -2.27. The minimum Gasteiger partial charge on any atom is -0.492 e. The average molecular weight is 378 g/mol. The smallest absolute Gasteiger partial charge is 0.359 e. The molecule has 0 bridgehead atoms. The fraction of sp³-hybridized carbons (Fsp3) is 0.227. The van der Waals surface area contributed by atoms with Crippen molar-refractivity contribution in [3.8, 4) is 5.75 Å². The average Bonchev–Trinajstić information content (AvgIpc) is 2.67. The fourth-order valence-electron chi connectivity index (χ4n) is 2.86. The SMILES string of the molecule is Cc1cc(C)cc(COC(=O)c2ccc(=O)n(CCOc3ccccc3)n2)c1. The minimum absolute atomic E-state index is 0.0867. The van der Waals surface area contributed by atoms with Crippen molar-refractivity contribution in [3.05, 3.63) is 93.4 Å². The van der Waals surface area contributed by atoms with Gasteiger partial charge in [-0.25, -0.2) is 9.48 Å². The van der Waals surface area contributed by atoms with Gasteiger partial charge in [0.25, 0.3) is 5.56 Å². The van der Waals surface area contributed by atoms with E-state index in [1.807, 2.05) is 56.3 Å². The molecular formula is C22H22N2O4. The molecule has 0 unspecified atom stereocenters. The molecule has 0 atom stereocenters. The van der Waals surface area contributed by atoms with E-state index in [9.17, 15) is 9.59 Å². The highest BCUT2D eigenvalue weighted by atomic mass is 16.5. The van der Waals surface area contributed by atoms with E-state index in [4.69, 9.17) is 9.47 Å². The van der Waals surface area contributed by atoms with E-state index in [0.717, 1.165) is 16.7 Å². The number of aromatic nitrogens is 2. The highest BCUT2D eigenvalue weighted by molar-refractivity contribution is 5.86. The van der Waals surface area contributed by atoms with Crippen molar-refractivity contribution in [2.45, 2.75) is 27.0 Å². The molecule has 1 aromatic heterocycles. The molecule has 1 heterocycles. The molecule has 2 aromatic carbocycles. The maximum absolute atomic E-state index is 12.3. The molecule has 0 radical (unpaired) electrons. The Bertz CT molecular complexity index is 992. The summed E-state index contributed by atoms with van der Waals surface area (Å²) < 4.78 is 12.1. The van der Waals surface area contributed by atoms with Crippen LogP contribution in [0.25, 0.3) is 0 Å². The Labute approximate surface area is 163 Å². The second-order valence-corrected chi connectivity index (χ2v) is 6.51. The molecule has 3 aromatic rings. The summed E-state index contributed by atoms with van der Waals surface area (Å²) in [6.45, 7) is 4.63. The van der Waals surface area contributed by atoms with E-state index in [-0.39, 0.29) is 31.0 Å². The number of para-hydroxylation sites is 1. The third-order valence-corrected chi connectivity index (χ3v) is 4.04. The number of ether oxygens (including phenoxy) is 2. The highest BCUT2D eigenvalue weighted by Crippen LogP contribution is 2.11. The van der Waals surface area contributed by atoms with Gasteiger partial charge in [0.15, 0.2) is 5.69 Å². The summed E-state index contributed by atoms with van der Waals surface area (Å²) in [4.78, 5) is 24.3. The lowest BCUT2D eigenvalue weighted by Gasteiger charge is -2.09. The lowest BCUT2D eigenvalue weighted by atomic mass is 10.1. The van der Waals surface area contributed by atoms with Crippen molar-refractivity contribution in [3.63, 3.8) is 0 Å². The van der Waals surface area contributed by atoms with Gasteiger partial charge < -0.3 is 9.47 Å². The van der Waals surface area contributed by atoms with E-state index in [1.165, 1.54) is 16.8 Å². The molecule has 0 fully saturated rings. The summed E-state index contributed by atoms with van der Waals surface area (Å²) in [6, 6.07) is 18.0. The zero-order valence-electron chi connectivity index (χ0n) is 15.9. The summed E-state index contributed by atoms with van der Waals surface area (Å²) >= 11 is 0. The highest BCUT2D eigenvalue weighted by Gasteiger charge is 2.12. The lowest BCUT2D eigenvalue weighted by molar-refractivity contribution is 0.0462. The molecule has 6 nitrogen and oxygen atoms in total. The van der Waals surface area contributed by atoms with Crippen molar-refractivity contribution < 1.29 is 14.3 Å². The first-order chi connectivity index (χ1) is 13.5. The quantitative estimate of drug-likeness (QED) is 0.590. The molecule has 0 spiro atoms. The van der Waals surface area contributed by atoms with Gasteiger partial charge in [0.2, 0.25) is 0 Å². The zero-order chi connectivity index (χ0) is 19.9. The van der Waals surface area contributed by atoms with Crippen LogP contribution in [0.1, 0.15) is 27.2 Å². The van der Waals surface area contributed by atoms with Gasteiger partial charge in [-0.2, -0.15) is 5.10 Å². The minimum atomic E-state index is -0.572. The Morgan fingerprint density at radius 3 is 2.43 bits per heavy atom. The predicted octanol–water partition coefficient (Wildman–Crippen LogP) is 3.30. The molecule has 144 valence electrons. The van der Waals surface area contributed by atoms with Crippen LogP contribution in [0.2, 0.25) is 0 Å². The van der Waals surface area contributed by atoms with Crippen LogP contribution < -0.4 is 10.3 Å². The Morgan fingerprint density at radius 2 is 1.71 bits per heavy atom. The number of nitrogens with zero attached hydrogens (tertiary/aromatic N) is 2. The van der Waals surface area contributed by atoms with Gasteiger partial charge in [0.05, 0.1) is 6.54 Å². The van der Waals surface area contributed by atoms with Crippen LogP contribution in [0.3, 0.4) is 0 Å². The van der Waals surface area contributed by atoms with Crippen LogP contribution in [-0.2, 0) is 17.9 Å². The van der Waals surface area contributed by atoms with Gasteiger partial charge in [0.1, 0.15) is 19.0 Å². The van der Waals surface area contributed by atoms with Gasteiger partial charge >= 0.3 is 5.97 Å². The molecule has 28 heavy (non-hydrogen) atoms. The van der Waals surface area contributed by atoms with Crippen molar-refractivity contribution >= 4 is 5.97 Å². The van der Waals surface area contributed by atoms with Crippen molar-refractivity contribution in [1.29, 1.82) is 0 Å². The number of carbonyl (C=O) groups is 1. The Kier molecular flexibility index (Phi) is 6.22. The second-order valence-electron chi connectivity index (χ2n) is 6.51. The van der Waals surface area contributed by atoms with E-state index in [0.29, 0.717) is 5.75 Å². The van der Waals surface area contributed by atoms with Crippen LogP contribution in [0.4, 0.5) is 0 Å². The maximum atomic E-state index is 12.3. The first-order valence-corrected chi connectivity index (χ1v) is 9.01. The number of hydrogen-bond acceptors (Lipinski definition) is 5. The van der Waals surface area contributed by atoms with Crippen molar-refractivity contribution in [1.82, 2.24) is 9.78 Å². The fourth-order valence-corrected chi connectivity index (χ4v) is 2.86. The van der Waals surface area contributed by atoms with Gasteiger partial charge in [-0.15, -0.1) is 0 Å². The van der Waals surface area contributed by atoms with Gasteiger partial charge in [-0.1, -0.05) is 47.5 Å². The van der Waals surface area contributed by atoms with Gasteiger partial charge in [-0.05, 0) is 37.6 Å². The normalized spacial score (nSPS) is 10.5. The number of rotatable bonds is 7. The molecular weight excluding hydrogens is 356 g/mol. The second kappa shape index (κ2) is 8.99. The summed E-state index contributed by atoms with van der Waals surface area (Å²) in [5, 5.41) is 4.10. The maximum Gasteiger partial charge on any atom is 0.359 e. The molecule has 0 aliphatic rings. The van der Waals surface area contributed by atoms with Crippen LogP contribution in [-0.4, -0.2) is 22.4 Å². The van der Waals surface area contributed by atoms with Gasteiger partial charge in [0, 0.05) is 6.07 Å².